The second-order valence-electron chi connectivity index (χ2n) is 5.66. The van der Waals surface area contributed by atoms with E-state index in [-0.39, 0.29) is 17.3 Å². The Kier molecular flexibility index (Phi) is 4.74. The van der Waals surface area contributed by atoms with Crippen LogP contribution in [0.5, 0.6) is 0 Å². The van der Waals surface area contributed by atoms with Gasteiger partial charge in [-0.1, -0.05) is 29.8 Å². The number of anilines is 1. The van der Waals surface area contributed by atoms with E-state index >= 15 is 0 Å². The van der Waals surface area contributed by atoms with Gasteiger partial charge in [0.25, 0.3) is 5.91 Å². The molecule has 0 unspecified atom stereocenters. The van der Waals surface area contributed by atoms with E-state index in [9.17, 15) is 14.9 Å². The van der Waals surface area contributed by atoms with Crippen LogP contribution in [-0.2, 0) is 13.1 Å². The quantitative estimate of drug-likeness (QED) is 0.533. The first kappa shape index (κ1) is 17.3. The van der Waals surface area contributed by atoms with Gasteiger partial charge in [0.05, 0.1) is 11.5 Å². The first-order chi connectivity index (χ1) is 12.5. The fraction of sp³-hybridized carbons (Fsp3) is 0.250. The van der Waals surface area contributed by atoms with Crippen LogP contribution < -0.4 is 5.32 Å². The molecule has 1 amide bonds. The van der Waals surface area contributed by atoms with Crippen LogP contribution in [0.2, 0.25) is 0 Å². The number of hydrogen-bond donors (Lipinski definition) is 1. The molecule has 0 radical (unpaired) electrons. The smallest absolute Gasteiger partial charge is 0.288 e. The fourth-order valence-electron chi connectivity index (χ4n) is 2.45. The predicted octanol–water partition coefficient (Wildman–Crippen LogP) is 2.01. The largest absolute Gasteiger partial charge is 0.320 e. The van der Waals surface area contributed by atoms with Gasteiger partial charge < -0.3 is 0 Å². The molecular formula is C16H17N7O3. The third-order valence-electron chi connectivity index (χ3n) is 3.76. The van der Waals surface area contributed by atoms with Gasteiger partial charge in [-0.05, 0) is 19.4 Å². The summed E-state index contributed by atoms with van der Waals surface area (Å²) in [5.74, 6) is -0.607. The average Bonchev–Trinajstić information content (AvgIpc) is 3.23. The van der Waals surface area contributed by atoms with Gasteiger partial charge in [0.1, 0.15) is 12.5 Å². The second kappa shape index (κ2) is 7.13. The maximum atomic E-state index is 12.4. The highest BCUT2D eigenvalue weighted by Crippen LogP contribution is 2.18. The number of nitro groups is 1. The van der Waals surface area contributed by atoms with E-state index in [1.165, 1.54) is 11.0 Å². The van der Waals surface area contributed by atoms with Crippen molar-refractivity contribution in [3.8, 4) is 0 Å². The Morgan fingerprint density at radius 1 is 1.31 bits per heavy atom. The van der Waals surface area contributed by atoms with Gasteiger partial charge >= 0.3 is 5.69 Å². The van der Waals surface area contributed by atoms with Gasteiger partial charge in [-0.25, -0.2) is 9.67 Å². The van der Waals surface area contributed by atoms with Gasteiger partial charge in [0, 0.05) is 6.54 Å². The molecule has 0 aliphatic carbocycles. The van der Waals surface area contributed by atoms with Crippen molar-refractivity contribution in [2.24, 2.45) is 0 Å². The molecule has 2 heterocycles. The maximum Gasteiger partial charge on any atom is 0.320 e. The van der Waals surface area contributed by atoms with E-state index in [4.69, 9.17) is 0 Å². The van der Waals surface area contributed by atoms with Crippen molar-refractivity contribution in [3.05, 3.63) is 63.7 Å². The summed E-state index contributed by atoms with van der Waals surface area (Å²) in [4.78, 5) is 26.9. The van der Waals surface area contributed by atoms with Crippen molar-refractivity contribution in [2.45, 2.75) is 26.9 Å². The summed E-state index contributed by atoms with van der Waals surface area (Å²) in [5.41, 5.74) is 1.71. The summed E-state index contributed by atoms with van der Waals surface area (Å²) in [6, 6.07) is 7.97. The lowest BCUT2D eigenvalue weighted by Gasteiger charge is -2.04. The molecule has 0 aliphatic rings. The van der Waals surface area contributed by atoms with Crippen molar-refractivity contribution in [3.63, 3.8) is 0 Å². The summed E-state index contributed by atoms with van der Waals surface area (Å²) < 4.78 is 2.84. The molecule has 0 saturated heterocycles. The van der Waals surface area contributed by atoms with E-state index < -0.39 is 10.8 Å². The molecule has 1 aromatic carbocycles. The number of nitrogens with one attached hydrogen (secondary N) is 1. The summed E-state index contributed by atoms with van der Waals surface area (Å²) in [6.45, 7) is 4.57. The van der Waals surface area contributed by atoms with Crippen LogP contribution >= 0.6 is 0 Å². The van der Waals surface area contributed by atoms with Crippen molar-refractivity contribution < 1.29 is 9.72 Å². The molecular weight excluding hydrogens is 338 g/mol. The Hall–Kier alpha value is -3.56. The number of nitrogens with zero attached hydrogens (tertiary/aromatic N) is 6. The normalized spacial score (nSPS) is 10.7. The third kappa shape index (κ3) is 3.58. The van der Waals surface area contributed by atoms with Crippen LogP contribution in [0.15, 0.2) is 36.8 Å². The highest BCUT2D eigenvalue weighted by atomic mass is 16.6. The first-order valence-corrected chi connectivity index (χ1v) is 7.94. The molecule has 26 heavy (non-hydrogen) atoms. The second-order valence-corrected chi connectivity index (χ2v) is 5.66. The average molecular weight is 355 g/mol. The number of carbonyl (C=O) groups excluding carboxylic acids is 1. The minimum atomic E-state index is -0.677. The maximum absolute atomic E-state index is 12.4. The Bertz CT molecular complexity index is 943. The number of benzene rings is 1. The highest BCUT2D eigenvalue weighted by molar-refractivity contribution is 6.04. The predicted molar refractivity (Wildman–Crippen MR) is 92.8 cm³/mol. The zero-order valence-corrected chi connectivity index (χ0v) is 14.3. The molecule has 0 saturated carbocycles. The number of aryl methyl sites for hydroxylation is 2. The minimum Gasteiger partial charge on any atom is -0.288 e. The molecule has 3 rings (SSSR count). The van der Waals surface area contributed by atoms with Crippen LogP contribution in [0.25, 0.3) is 0 Å². The number of aromatic nitrogens is 5. The first-order valence-electron chi connectivity index (χ1n) is 7.94. The van der Waals surface area contributed by atoms with Crippen molar-refractivity contribution in [2.75, 3.05) is 5.32 Å². The molecule has 0 spiro atoms. The number of amides is 1. The van der Waals surface area contributed by atoms with Crippen LogP contribution in [0, 0.1) is 17.0 Å². The van der Waals surface area contributed by atoms with Gasteiger partial charge in [-0.2, -0.15) is 5.10 Å². The lowest BCUT2D eigenvalue weighted by atomic mass is 10.1. The summed E-state index contributed by atoms with van der Waals surface area (Å²) >= 11 is 0. The van der Waals surface area contributed by atoms with Gasteiger partial charge in [0.15, 0.2) is 0 Å². The molecule has 2 aromatic heterocycles. The van der Waals surface area contributed by atoms with E-state index in [1.807, 2.05) is 31.2 Å². The van der Waals surface area contributed by atoms with E-state index in [2.05, 4.69) is 20.5 Å². The fourth-order valence-corrected chi connectivity index (χ4v) is 2.45. The van der Waals surface area contributed by atoms with Crippen LogP contribution in [-0.4, -0.2) is 35.4 Å². The molecule has 10 nitrogen and oxygen atoms in total. The number of carbonyl (C=O) groups is 1. The lowest BCUT2D eigenvalue weighted by molar-refractivity contribution is -0.385. The summed E-state index contributed by atoms with van der Waals surface area (Å²) in [6.07, 6.45) is 2.54. The SMILES string of the molecule is CCn1ncc([N+](=O)[O-])c1C(=O)Nc1ncn(Cc2ccc(C)cc2)n1. The Morgan fingerprint density at radius 3 is 2.69 bits per heavy atom. The Labute approximate surface area is 148 Å². The standard InChI is InChI=1S/C16H17N7O3/c1-3-22-14(13(8-18-22)23(25)26)15(24)19-16-17-10-21(20-16)9-12-6-4-11(2)5-7-12/h4-8,10H,3,9H2,1-2H3,(H,19,20,24). The van der Waals surface area contributed by atoms with E-state index in [0.717, 1.165) is 17.3 Å². The molecule has 0 aliphatic heterocycles. The molecule has 10 heteroatoms. The van der Waals surface area contributed by atoms with Crippen molar-refractivity contribution >= 4 is 17.5 Å². The number of hydrogen-bond acceptors (Lipinski definition) is 6. The van der Waals surface area contributed by atoms with Crippen molar-refractivity contribution in [1.82, 2.24) is 24.5 Å². The number of rotatable bonds is 6. The molecule has 0 atom stereocenters. The molecule has 134 valence electrons. The van der Waals surface area contributed by atoms with Gasteiger partial charge in [0.2, 0.25) is 11.6 Å². The zero-order valence-electron chi connectivity index (χ0n) is 14.3. The van der Waals surface area contributed by atoms with Crippen LogP contribution in [0.3, 0.4) is 0 Å². The van der Waals surface area contributed by atoms with E-state index in [0.29, 0.717) is 13.1 Å². The zero-order chi connectivity index (χ0) is 18.7. The summed E-state index contributed by atoms with van der Waals surface area (Å²) in [7, 11) is 0. The monoisotopic (exact) mass is 355 g/mol. The Morgan fingerprint density at radius 2 is 2.04 bits per heavy atom. The molecule has 1 N–H and O–H groups in total. The van der Waals surface area contributed by atoms with Crippen molar-refractivity contribution in [1.29, 1.82) is 0 Å². The van der Waals surface area contributed by atoms with Crippen LogP contribution in [0.1, 0.15) is 28.5 Å². The third-order valence-corrected chi connectivity index (χ3v) is 3.76. The summed E-state index contributed by atoms with van der Waals surface area (Å²) in [5, 5.41) is 21.6. The minimum absolute atomic E-state index is 0.0697. The lowest BCUT2D eigenvalue weighted by Crippen LogP contribution is -2.19. The Balaban J connectivity index is 1.75. The molecule has 0 fully saturated rings. The van der Waals surface area contributed by atoms with Gasteiger partial charge in [-0.15, -0.1) is 5.10 Å². The highest BCUT2D eigenvalue weighted by Gasteiger charge is 2.27. The van der Waals surface area contributed by atoms with Crippen LogP contribution in [0.4, 0.5) is 11.6 Å². The van der Waals surface area contributed by atoms with Gasteiger partial charge in [-0.3, -0.25) is 24.9 Å². The topological polar surface area (TPSA) is 121 Å². The molecule has 3 aromatic rings. The molecule has 0 bridgehead atoms. The van der Waals surface area contributed by atoms with E-state index in [1.54, 1.807) is 11.6 Å².